The molecule has 0 saturated carbocycles. The molecular weight excluding hydrogens is 423 g/mol. The van der Waals surface area contributed by atoms with E-state index in [-0.39, 0.29) is 23.8 Å². The summed E-state index contributed by atoms with van der Waals surface area (Å²) in [6, 6.07) is 15.0. The Kier molecular flexibility index (Phi) is 5.63. The van der Waals surface area contributed by atoms with E-state index >= 15 is 0 Å². The van der Waals surface area contributed by atoms with Crippen molar-refractivity contribution in [2.75, 3.05) is 5.32 Å². The van der Waals surface area contributed by atoms with Gasteiger partial charge in [0.25, 0.3) is 0 Å². The number of anilines is 1. The Bertz CT molecular complexity index is 1240. The molecule has 32 heavy (non-hydrogen) atoms. The number of phenols is 1. The summed E-state index contributed by atoms with van der Waals surface area (Å²) in [6.07, 6.45) is -1.81. The number of pyridine rings is 1. The van der Waals surface area contributed by atoms with Crippen molar-refractivity contribution in [3.63, 3.8) is 0 Å². The monoisotopic (exact) mass is 439 g/mol. The molecule has 0 fully saturated rings. The van der Waals surface area contributed by atoms with E-state index in [9.17, 15) is 23.1 Å². The van der Waals surface area contributed by atoms with Crippen LogP contribution in [0.2, 0.25) is 0 Å². The Morgan fingerprint density at radius 2 is 1.78 bits per heavy atom. The minimum atomic E-state index is -4.59. The molecule has 2 aromatic heterocycles. The molecule has 0 radical (unpaired) electrons. The number of phenolic OH excluding ortho intramolecular Hbond substituents is 1. The normalized spacial score (nSPS) is 11.3. The third-order valence-electron chi connectivity index (χ3n) is 4.60. The fourth-order valence-corrected chi connectivity index (χ4v) is 3.04. The highest BCUT2D eigenvalue weighted by Gasteiger charge is 2.31. The summed E-state index contributed by atoms with van der Waals surface area (Å²) in [5.74, 6) is -0.878. The van der Waals surface area contributed by atoms with Gasteiger partial charge in [0.2, 0.25) is 17.7 Å². The van der Waals surface area contributed by atoms with Crippen LogP contribution in [0.25, 0.3) is 22.7 Å². The number of hydrogen-bond acceptors (Lipinski definition) is 5. The summed E-state index contributed by atoms with van der Waals surface area (Å²) in [4.78, 5) is 21.1. The molecule has 0 atom stereocenters. The molecule has 162 valence electrons. The Morgan fingerprint density at radius 3 is 2.44 bits per heavy atom. The highest BCUT2D eigenvalue weighted by molar-refractivity contribution is 5.94. The lowest BCUT2D eigenvalue weighted by Crippen LogP contribution is -2.15. The first-order chi connectivity index (χ1) is 15.3. The van der Waals surface area contributed by atoms with Crippen molar-refractivity contribution in [3.05, 3.63) is 84.2 Å². The summed E-state index contributed by atoms with van der Waals surface area (Å²) >= 11 is 0. The van der Waals surface area contributed by atoms with E-state index < -0.39 is 23.4 Å². The second kappa shape index (κ2) is 8.54. The lowest BCUT2D eigenvalue weighted by molar-refractivity contribution is -0.137. The summed E-state index contributed by atoms with van der Waals surface area (Å²) in [6.45, 7) is 0. The van der Waals surface area contributed by atoms with Gasteiger partial charge in [-0.25, -0.2) is 4.98 Å². The van der Waals surface area contributed by atoms with Gasteiger partial charge in [0.1, 0.15) is 11.4 Å². The third kappa shape index (κ3) is 4.61. The highest BCUT2D eigenvalue weighted by atomic mass is 19.4. The Labute approximate surface area is 180 Å². The quantitative estimate of drug-likeness (QED) is 0.440. The fourth-order valence-electron chi connectivity index (χ4n) is 3.04. The highest BCUT2D eigenvalue weighted by Crippen LogP contribution is 2.34. The van der Waals surface area contributed by atoms with Gasteiger partial charge in [-0.15, -0.1) is 0 Å². The van der Waals surface area contributed by atoms with Crippen LogP contribution in [-0.2, 0) is 17.4 Å². The molecule has 4 rings (SSSR count). The summed E-state index contributed by atoms with van der Waals surface area (Å²) in [5, 5.41) is 12.5. The van der Waals surface area contributed by atoms with Gasteiger partial charge in [-0.3, -0.25) is 15.1 Å². The predicted octanol–water partition coefficient (Wildman–Crippen LogP) is 5.31. The first-order valence-electron chi connectivity index (χ1n) is 9.47. The predicted molar refractivity (Wildman–Crippen MR) is 111 cm³/mol. The molecule has 0 unspecified atom stereocenters. The first-order valence-corrected chi connectivity index (χ1v) is 9.47. The zero-order valence-corrected chi connectivity index (χ0v) is 16.4. The van der Waals surface area contributed by atoms with Crippen molar-refractivity contribution in [2.45, 2.75) is 12.6 Å². The summed E-state index contributed by atoms with van der Waals surface area (Å²) < 4.78 is 44.1. The van der Waals surface area contributed by atoms with E-state index in [1.807, 2.05) is 18.2 Å². The lowest BCUT2D eigenvalue weighted by atomic mass is 10.1. The molecular formula is C23H16F3N3O3. The van der Waals surface area contributed by atoms with Crippen LogP contribution in [0.15, 0.2) is 77.5 Å². The van der Waals surface area contributed by atoms with E-state index in [4.69, 9.17) is 4.42 Å². The zero-order chi connectivity index (χ0) is 22.7. The number of carbonyl (C=O) groups excluding carboxylic acids is 1. The number of rotatable bonds is 5. The maximum absolute atomic E-state index is 12.8. The number of aromatic hydroxyl groups is 1. The minimum Gasteiger partial charge on any atom is -0.508 e. The number of nitrogens with one attached hydrogen (secondary N) is 1. The van der Waals surface area contributed by atoms with Crippen LogP contribution in [0.5, 0.6) is 5.75 Å². The van der Waals surface area contributed by atoms with Gasteiger partial charge in [0, 0.05) is 29.1 Å². The molecule has 2 N–H and O–H groups in total. The largest absolute Gasteiger partial charge is 0.508 e. The number of halogens is 3. The van der Waals surface area contributed by atoms with Gasteiger partial charge in [0.05, 0.1) is 12.0 Å². The van der Waals surface area contributed by atoms with Crippen LogP contribution < -0.4 is 5.32 Å². The average molecular weight is 439 g/mol. The zero-order valence-electron chi connectivity index (χ0n) is 16.4. The fraction of sp³-hybridized carbons (Fsp3) is 0.0870. The number of aromatic nitrogens is 2. The maximum atomic E-state index is 12.8. The molecule has 0 aliphatic carbocycles. The smallest absolute Gasteiger partial charge is 0.416 e. The number of oxazole rings is 1. The molecule has 9 heteroatoms. The summed E-state index contributed by atoms with van der Waals surface area (Å²) in [7, 11) is 0. The number of hydrogen-bond donors (Lipinski definition) is 2. The SMILES string of the molecule is O=C(Cc1ccc(C(F)(F)F)cc1O)Nc1oc(-c2ccccc2)nc1-c1cccnc1. The Hall–Kier alpha value is -4.14. The number of nitrogens with zero attached hydrogens (tertiary/aromatic N) is 2. The van der Waals surface area contributed by atoms with Gasteiger partial charge >= 0.3 is 6.18 Å². The second-order valence-electron chi connectivity index (χ2n) is 6.87. The van der Waals surface area contributed by atoms with E-state index in [0.717, 1.165) is 12.1 Å². The maximum Gasteiger partial charge on any atom is 0.416 e. The van der Waals surface area contributed by atoms with Crippen LogP contribution in [0.4, 0.5) is 19.1 Å². The molecule has 0 aliphatic rings. The van der Waals surface area contributed by atoms with Gasteiger partial charge < -0.3 is 9.52 Å². The van der Waals surface area contributed by atoms with Crippen molar-refractivity contribution in [2.24, 2.45) is 0 Å². The van der Waals surface area contributed by atoms with Crippen molar-refractivity contribution in [1.82, 2.24) is 9.97 Å². The molecule has 0 bridgehead atoms. The van der Waals surface area contributed by atoms with E-state index in [0.29, 0.717) is 22.9 Å². The molecule has 0 spiro atoms. The van der Waals surface area contributed by atoms with Gasteiger partial charge in [-0.1, -0.05) is 24.3 Å². The van der Waals surface area contributed by atoms with Crippen molar-refractivity contribution >= 4 is 11.8 Å². The van der Waals surface area contributed by atoms with E-state index in [2.05, 4.69) is 15.3 Å². The van der Waals surface area contributed by atoms with Gasteiger partial charge in [-0.2, -0.15) is 13.2 Å². The summed E-state index contributed by atoms with van der Waals surface area (Å²) in [5.41, 5.74) is 0.688. The minimum absolute atomic E-state index is 0.0428. The molecule has 0 saturated heterocycles. The van der Waals surface area contributed by atoms with Crippen molar-refractivity contribution < 1.29 is 27.5 Å². The van der Waals surface area contributed by atoms with Gasteiger partial charge in [0.15, 0.2) is 0 Å². The number of carbonyl (C=O) groups is 1. The molecule has 1 amide bonds. The van der Waals surface area contributed by atoms with E-state index in [1.54, 1.807) is 36.7 Å². The number of benzene rings is 2. The number of amides is 1. The van der Waals surface area contributed by atoms with Crippen LogP contribution in [0.1, 0.15) is 11.1 Å². The number of alkyl halides is 3. The molecule has 0 aliphatic heterocycles. The van der Waals surface area contributed by atoms with E-state index in [1.165, 1.54) is 0 Å². The Morgan fingerprint density at radius 1 is 1.03 bits per heavy atom. The van der Waals surface area contributed by atoms with Crippen LogP contribution >= 0.6 is 0 Å². The van der Waals surface area contributed by atoms with Gasteiger partial charge in [-0.05, 0) is 36.4 Å². The third-order valence-corrected chi connectivity index (χ3v) is 4.60. The Balaban J connectivity index is 1.61. The molecule has 2 heterocycles. The van der Waals surface area contributed by atoms with Crippen molar-refractivity contribution in [1.29, 1.82) is 0 Å². The first kappa shape index (κ1) is 21.1. The topological polar surface area (TPSA) is 88.2 Å². The van der Waals surface area contributed by atoms with Crippen LogP contribution in [0, 0.1) is 0 Å². The van der Waals surface area contributed by atoms with Crippen molar-refractivity contribution in [3.8, 4) is 28.5 Å². The second-order valence-corrected chi connectivity index (χ2v) is 6.87. The van der Waals surface area contributed by atoms with Crippen LogP contribution in [-0.4, -0.2) is 21.0 Å². The average Bonchev–Trinajstić information content (AvgIpc) is 3.19. The molecule has 2 aromatic carbocycles. The molecule has 6 nitrogen and oxygen atoms in total. The lowest BCUT2D eigenvalue weighted by Gasteiger charge is -2.10. The van der Waals surface area contributed by atoms with Crippen LogP contribution in [0.3, 0.4) is 0 Å². The standard InChI is InChI=1S/C23H16F3N3O3/c24-23(25,26)17-9-8-15(18(30)12-17)11-19(31)28-22-20(16-7-4-10-27-13-16)29-21(32-22)14-5-2-1-3-6-14/h1-10,12-13,30H,11H2,(H,28,31). The molecule has 4 aromatic rings.